The van der Waals surface area contributed by atoms with Crippen molar-refractivity contribution in [3.05, 3.63) is 69.6 Å². The molecule has 32 heavy (non-hydrogen) atoms. The maximum atomic E-state index is 12.8. The maximum Gasteiger partial charge on any atom is 0.305 e. The number of ether oxygens (including phenoxy) is 2. The van der Waals surface area contributed by atoms with Gasteiger partial charge in [-0.05, 0) is 54.3 Å². The smallest absolute Gasteiger partial charge is 0.305 e. The van der Waals surface area contributed by atoms with Gasteiger partial charge >= 0.3 is 5.97 Å². The topological polar surface area (TPSA) is 55.8 Å². The zero-order valence-electron chi connectivity index (χ0n) is 17.7. The fourth-order valence-corrected chi connectivity index (χ4v) is 4.54. The SMILES string of the molecule is COC(=O)CCCCCN1C(=O)/C(=C\c2cccc(OCc3ccc(Cl)cc3)c2)SC1=S. The minimum absolute atomic E-state index is 0.0829. The lowest BCUT2D eigenvalue weighted by Gasteiger charge is -2.13. The van der Waals surface area contributed by atoms with E-state index in [-0.39, 0.29) is 11.9 Å². The third-order valence-corrected chi connectivity index (χ3v) is 6.47. The van der Waals surface area contributed by atoms with E-state index in [2.05, 4.69) is 4.74 Å². The highest BCUT2D eigenvalue weighted by atomic mass is 35.5. The van der Waals surface area contributed by atoms with Crippen LogP contribution in [-0.4, -0.2) is 34.8 Å². The monoisotopic (exact) mass is 489 g/mol. The van der Waals surface area contributed by atoms with Gasteiger partial charge in [-0.15, -0.1) is 0 Å². The molecule has 8 heteroatoms. The molecule has 0 aliphatic carbocycles. The minimum atomic E-state index is -0.210. The molecule has 0 unspecified atom stereocenters. The Bertz CT molecular complexity index is 1010. The fourth-order valence-electron chi connectivity index (χ4n) is 3.10. The number of hydrogen-bond acceptors (Lipinski definition) is 6. The summed E-state index contributed by atoms with van der Waals surface area (Å²) >= 11 is 12.6. The Morgan fingerprint density at radius 3 is 2.69 bits per heavy atom. The number of methoxy groups -OCH3 is 1. The standard InChI is InChI=1S/C24H24ClNO4S2/c1-29-22(27)8-3-2-4-13-26-23(28)21(32-24(26)31)15-18-6-5-7-20(14-18)30-16-17-9-11-19(25)12-10-17/h5-7,9-12,14-15H,2-4,8,13,16H2,1H3/b21-15+. The molecule has 0 saturated carbocycles. The van der Waals surface area contributed by atoms with Gasteiger partial charge in [-0.1, -0.05) is 66.3 Å². The number of amides is 1. The Morgan fingerprint density at radius 2 is 1.94 bits per heavy atom. The molecule has 0 bridgehead atoms. The number of thioether (sulfide) groups is 1. The molecule has 0 aromatic heterocycles. The lowest BCUT2D eigenvalue weighted by Crippen LogP contribution is -2.29. The summed E-state index contributed by atoms with van der Waals surface area (Å²) in [7, 11) is 1.39. The minimum Gasteiger partial charge on any atom is -0.489 e. The van der Waals surface area contributed by atoms with Crippen LogP contribution in [0.3, 0.4) is 0 Å². The quantitative estimate of drug-likeness (QED) is 0.180. The van der Waals surface area contributed by atoms with E-state index in [0.717, 1.165) is 36.1 Å². The van der Waals surface area contributed by atoms with Gasteiger partial charge in [-0.3, -0.25) is 14.5 Å². The number of rotatable bonds is 10. The Balaban J connectivity index is 1.55. The number of nitrogens with zero attached hydrogens (tertiary/aromatic N) is 1. The highest BCUT2D eigenvalue weighted by Gasteiger charge is 2.31. The Morgan fingerprint density at radius 1 is 1.16 bits per heavy atom. The third-order valence-electron chi connectivity index (χ3n) is 4.84. The van der Waals surface area contributed by atoms with Crippen molar-refractivity contribution >= 4 is 57.9 Å². The summed E-state index contributed by atoms with van der Waals surface area (Å²) < 4.78 is 11.1. The molecule has 0 radical (unpaired) electrons. The van der Waals surface area contributed by atoms with Crippen molar-refractivity contribution in [1.29, 1.82) is 0 Å². The molecule has 168 valence electrons. The van der Waals surface area contributed by atoms with Gasteiger partial charge in [-0.25, -0.2) is 0 Å². The first-order valence-corrected chi connectivity index (χ1v) is 11.9. The zero-order valence-corrected chi connectivity index (χ0v) is 20.1. The van der Waals surface area contributed by atoms with Gasteiger partial charge in [0, 0.05) is 18.0 Å². The van der Waals surface area contributed by atoms with Crippen LogP contribution in [0.4, 0.5) is 0 Å². The molecule has 2 aromatic carbocycles. The molecule has 0 atom stereocenters. The summed E-state index contributed by atoms with van der Waals surface area (Å²) in [6, 6.07) is 15.1. The largest absolute Gasteiger partial charge is 0.489 e. The predicted molar refractivity (Wildman–Crippen MR) is 133 cm³/mol. The van der Waals surface area contributed by atoms with Gasteiger partial charge in [0.05, 0.1) is 12.0 Å². The second-order valence-corrected chi connectivity index (χ2v) is 9.32. The number of halogens is 1. The van der Waals surface area contributed by atoms with E-state index < -0.39 is 0 Å². The summed E-state index contributed by atoms with van der Waals surface area (Å²) in [5.74, 6) is 0.424. The summed E-state index contributed by atoms with van der Waals surface area (Å²) in [5.41, 5.74) is 1.89. The number of thiocarbonyl (C=S) groups is 1. The maximum absolute atomic E-state index is 12.8. The number of carbonyl (C=O) groups is 2. The van der Waals surface area contributed by atoms with Crippen LogP contribution in [0.15, 0.2) is 53.4 Å². The van der Waals surface area contributed by atoms with Crippen molar-refractivity contribution in [2.45, 2.75) is 32.3 Å². The van der Waals surface area contributed by atoms with Crippen LogP contribution in [0.2, 0.25) is 5.02 Å². The third kappa shape index (κ3) is 7.08. The molecule has 1 amide bonds. The predicted octanol–water partition coefficient (Wildman–Crippen LogP) is 5.85. The van der Waals surface area contributed by atoms with E-state index in [4.69, 9.17) is 28.6 Å². The Kier molecular flexibility index (Phi) is 9.14. The molecule has 1 aliphatic heterocycles. The molecule has 1 saturated heterocycles. The van der Waals surface area contributed by atoms with Crippen molar-refractivity contribution in [2.75, 3.05) is 13.7 Å². The van der Waals surface area contributed by atoms with Crippen molar-refractivity contribution in [1.82, 2.24) is 4.90 Å². The van der Waals surface area contributed by atoms with Crippen molar-refractivity contribution in [3.63, 3.8) is 0 Å². The van der Waals surface area contributed by atoms with E-state index in [0.29, 0.717) is 33.8 Å². The number of unbranched alkanes of at least 4 members (excludes halogenated alkanes) is 2. The highest BCUT2D eigenvalue weighted by Crippen LogP contribution is 2.33. The second-order valence-electron chi connectivity index (χ2n) is 7.21. The van der Waals surface area contributed by atoms with Crippen LogP contribution in [0, 0.1) is 0 Å². The number of benzene rings is 2. The molecule has 1 heterocycles. The first kappa shape index (κ1) is 24.3. The van der Waals surface area contributed by atoms with Crippen LogP contribution in [0.25, 0.3) is 6.08 Å². The van der Waals surface area contributed by atoms with E-state index in [1.165, 1.54) is 18.9 Å². The van der Waals surface area contributed by atoms with Gasteiger partial charge in [-0.2, -0.15) is 0 Å². The number of hydrogen-bond donors (Lipinski definition) is 0. The lowest BCUT2D eigenvalue weighted by atomic mass is 10.2. The normalized spacial score (nSPS) is 14.8. The summed E-state index contributed by atoms with van der Waals surface area (Å²) in [6.45, 7) is 0.978. The molecular weight excluding hydrogens is 466 g/mol. The van der Waals surface area contributed by atoms with Gasteiger partial charge in [0.2, 0.25) is 0 Å². The van der Waals surface area contributed by atoms with Crippen LogP contribution in [0.5, 0.6) is 5.75 Å². The molecular formula is C24H24ClNO4S2. The molecule has 3 rings (SSSR count). The zero-order chi connectivity index (χ0) is 22.9. The van der Waals surface area contributed by atoms with Crippen molar-refractivity contribution in [3.8, 4) is 5.75 Å². The summed E-state index contributed by atoms with van der Waals surface area (Å²) in [5, 5.41) is 0.689. The average molecular weight is 490 g/mol. The van der Waals surface area contributed by atoms with E-state index >= 15 is 0 Å². The molecule has 0 N–H and O–H groups in total. The van der Waals surface area contributed by atoms with Crippen LogP contribution < -0.4 is 4.74 Å². The molecule has 1 aliphatic rings. The Hall–Kier alpha value is -2.35. The van der Waals surface area contributed by atoms with Crippen LogP contribution >= 0.6 is 35.6 Å². The second kappa shape index (κ2) is 12.0. The lowest BCUT2D eigenvalue weighted by molar-refractivity contribution is -0.140. The van der Waals surface area contributed by atoms with E-state index in [9.17, 15) is 9.59 Å². The van der Waals surface area contributed by atoms with Gasteiger partial charge < -0.3 is 9.47 Å². The van der Waals surface area contributed by atoms with Gasteiger partial charge in [0.1, 0.15) is 16.7 Å². The van der Waals surface area contributed by atoms with Crippen molar-refractivity contribution < 1.29 is 19.1 Å². The summed E-state index contributed by atoms with van der Waals surface area (Å²) in [6.07, 6.45) is 4.58. The number of esters is 1. The first-order chi connectivity index (χ1) is 15.5. The molecule has 5 nitrogen and oxygen atoms in total. The molecule has 0 spiro atoms. The van der Waals surface area contributed by atoms with Crippen LogP contribution in [0.1, 0.15) is 36.8 Å². The van der Waals surface area contributed by atoms with E-state index in [1.54, 1.807) is 4.90 Å². The number of carbonyl (C=O) groups excluding carboxylic acids is 2. The molecule has 2 aromatic rings. The van der Waals surface area contributed by atoms with E-state index in [1.807, 2.05) is 54.6 Å². The first-order valence-electron chi connectivity index (χ1n) is 10.3. The molecule has 1 fully saturated rings. The van der Waals surface area contributed by atoms with Gasteiger partial charge in [0.15, 0.2) is 0 Å². The Labute approximate surface area is 202 Å². The summed E-state index contributed by atoms with van der Waals surface area (Å²) in [4.78, 5) is 26.2. The highest BCUT2D eigenvalue weighted by molar-refractivity contribution is 8.26. The fraction of sp³-hybridized carbons (Fsp3) is 0.292. The van der Waals surface area contributed by atoms with Crippen molar-refractivity contribution in [2.24, 2.45) is 0 Å². The average Bonchev–Trinajstić information content (AvgIpc) is 3.05. The van der Waals surface area contributed by atoms with Gasteiger partial charge in [0.25, 0.3) is 5.91 Å². The van der Waals surface area contributed by atoms with Crippen LogP contribution in [-0.2, 0) is 20.9 Å².